The van der Waals surface area contributed by atoms with Crippen molar-refractivity contribution in [2.75, 3.05) is 13.7 Å². The van der Waals surface area contributed by atoms with Gasteiger partial charge in [-0.05, 0) is 87.0 Å². The van der Waals surface area contributed by atoms with Crippen molar-refractivity contribution in [2.24, 2.45) is 29.3 Å². The zero-order valence-corrected chi connectivity index (χ0v) is 20.9. The first kappa shape index (κ1) is 23.8. The average Bonchev–Trinajstić information content (AvgIpc) is 3.60. The molecule has 4 N–H and O–H groups in total. The normalized spacial score (nSPS) is 24.9. The Bertz CT molecular complexity index is 1050. The van der Waals surface area contributed by atoms with E-state index in [9.17, 15) is 0 Å². The Balaban J connectivity index is 1.24. The first-order valence-electron chi connectivity index (χ1n) is 13.0. The van der Waals surface area contributed by atoms with Crippen LogP contribution in [0.2, 0.25) is 0 Å². The Kier molecular flexibility index (Phi) is 7.08. The summed E-state index contributed by atoms with van der Waals surface area (Å²) in [5, 5.41) is 14.1. The van der Waals surface area contributed by atoms with Gasteiger partial charge < -0.3 is 20.2 Å². The van der Waals surface area contributed by atoms with Gasteiger partial charge in [-0.2, -0.15) is 4.80 Å². The van der Waals surface area contributed by atoms with Crippen molar-refractivity contribution >= 4 is 5.70 Å². The van der Waals surface area contributed by atoms with Crippen LogP contribution >= 0.6 is 0 Å². The number of nitrogens with two attached hydrogens (primary N) is 2. The van der Waals surface area contributed by atoms with Crippen LogP contribution in [0.25, 0.3) is 5.70 Å². The van der Waals surface area contributed by atoms with Crippen LogP contribution < -0.4 is 21.1 Å². The molecule has 0 aliphatic heterocycles. The number of hydrazine groups is 1. The third-order valence-corrected chi connectivity index (χ3v) is 7.93. The minimum absolute atomic E-state index is 0.254. The lowest BCUT2D eigenvalue weighted by Crippen LogP contribution is -2.31. The Labute approximate surface area is 207 Å². The van der Waals surface area contributed by atoms with Crippen molar-refractivity contribution in [2.45, 2.75) is 77.4 Å². The number of likely N-dealkylation sites (N-methyl/N-ethyl adjacent to an activating group) is 1. The first-order valence-corrected chi connectivity index (χ1v) is 13.0. The van der Waals surface area contributed by atoms with Gasteiger partial charge >= 0.3 is 6.01 Å². The van der Waals surface area contributed by atoms with Crippen molar-refractivity contribution in [3.63, 3.8) is 0 Å². The van der Waals surface area contributed by atoms with Gasteiger partial charge in [0.1, 0.15) is 12.3 Å². The van der Waals surface area contributed by atoms with E-state index in [-0.39, 0.29) is 12.6 Å². The van der Waals surface area contributed by atoms with E-state index in [0.29, 0.717) is 35.6 Å². The molecule has 35 heavy (non-hydrogen) atoms. The second-order valence-corrected chi connectivity index (χ2v) is 10.5. The standard InChI is InChI=1S/C25H38N8O2/c1-16-23(35-20-6-4-3-5-7-20)11-10-21(28-16)24(26)22(32(2)27)14-33-30-25(29-31-33)34-15-19-13-17-8-9-18(19)12-17/h10-11,17-20H,3-9,12-15,26-27H2,1-2H3/b24-22-. The molecule has 2 aromatic rings. The molecule has 3 aliphatic carbocycles. The predicted octanol–water partition coefficient (Wildman–Crippen LogP) is 3.04. The lowest BCUT2D eigenvalue weighted by Gasteiger charge is -2.24. The van der Waals surface area contributed by atoms with Gasteiger partial charge in [0.25, 0.3) is 0 Å². The van der Waals surface area contributed by atoms with Gasteiger partial charge in [0.05, 0.1) is 35.5 Å². The van der Waals surface area contributed by atoms with E-state index < -0.39 is 0 Å². The fourth-order valence-corrected chi connectivity index (χ4v) is 5.97. The molecule has 0 amide bonds. The van der Waals surface area contributed by atoms with Crippen LogP contribution in [0, 0.1) is 24.7 Å². The monoisotopic (exact) mass is 482 g/mol. The number of rotatable bonds is 9. The molecular weight excluding hydrogens is 444 g/mol. The maximum absolute atomic E-state index is 6.51. The van der Waals surface area contributed by atoms with Crippen LogP contribution in [0.1, 0.15) is 69.2 Å². The molecule has 0 saturated heterocycles. The van der Waals surface area contributed by atoms with Crippen LogP contribution in [-0.4, -0.2) is 50.0 Å². The highest BCUT2D eigenvalue weighted by Gasteiger charge is 2.39. The summed E-state index contributed by atoms with van der Waals surface area (Å²) in [6.07, 6.45) is 11.5. The number of aryl methyl sites for hydroxylation is 1. The number of ether oxygens (including phenoxy) is 2. The molecule has 10 heteroatoms. The summed E-state index contributed by atoms with van der Waals surface area (Å²) in [6.45, 7) is 2.86. The molecule has 0 aromatic carbocycles. The molecule has 190 valence electrons. The maximum Gasteiger partial charge on any atom is 0.356 e. The third-order valence-electron chi connectivity index (χ3n) is 7.93. The number of aromatic nitrogens is 5. The lowest BCUT2D eigenvalue weighted by atomic mass is 9.90. The van der Waals surface area contributed by atoms with Crippen LogP contribution in [-0.2, 0) is 6.54 Å². The average molecular weight is 483 g/mol. The number of hydrogen-bond acceptors (Lipinski definition) is 9. The van der Waals surface area contributed by atoms with Crippen molar-refractivity contribution in [1.82, 2.24) is 30.2 Å². The minimum atomic E-state index is 0.254. The molecule has 0 radical (unpaired) electrons. The summed E-state index contributed by atoms with van der Waals surface area (Å²) in [4.78, 5) is 6.15. The topological polar surface area (TPSA) is 130 Å². The maximum atomic E-state index is 6.51. The van der Waals surface area contributed by atoms with E-state index in [1.165, 1.54) is 54.8 Å². The molecule has 10 nitrogen and oxygen atoms in total. The quantitative estimate of drug-likeness (QED) is 0.409. The molecular formula is C25H38N8O2. The third kappa shape index (κ3) is 5.52. The summed E-state index contributed by atoms with van der Waals surface area (Å²) in [6, 6.07) is 4.12. The van der Waals surface area contributed by atoms with Gasteiger partial charge in [0, 0.05) is 7.05 Å². The van der Waals surface area contributed by atoms with E-state index in [4.69, 9.17) is 26.0 Å². The van der Waals surface area contributed by atoms with Crippen LogP contribution in [0.3, 0.4) is 0 Å². The second kappa shape index (κ2) is 10.4. The Morgan fingerprint density at radius 3 is 2.66 bits per heavy atom. The van der Waals surface area contributed by atoms with E-state index >= 15 is 0 Å². The number of nitrogens with zero attached hydrogens (tertiary/aromatic N) is 6. The summed E-state index contributed by atoms with van der Waals surface area (Å²) >= 11 is 0. The number of fused-ring (bicyclic) bond motifs is 2. The first-order chi connectivity index (χ1) is 17.0. The van der Waals surface area contributed by atoms with Crippen molar-refractivity contribution in [1.29, 1.82) is 0 Å². The zero-order chi connectivity index (χ0) is 24.4. The highest BCUT2D eigenvalue weighted by atomic mass is 16.5. The fraction of sp³-hybridized carbons (Fsp3) is 0.680. The van der Waals surface area contributed by atoms with Crippen molar-refractivity contribution < 1.29 is 9.47 Å². The van der Waals surface area contributed by atoms with Gasteiger partial charge in [-0.15, -0.1) is 0 Å². The van der Waals surface area contributed by atoms with Gasteiger partial charge in [-0.1, -0.05) is 23.0 Å². The smallest absolute Gasteiger partial charge is 0.356 e. The molecule has 3 atom stereocenters. The number of tetrazole rings is 1. The van der Waals surface area contributed by atoms with Crippen LogP contribution in [0.5, 0.6) is 11.8 Å². The molecule has 5 rings (SSSR count). The van der Waals surface area contributed by atoms with Crippen molar-refractivity contribution in [3.8, 4) is 11.8 Å². The highest BCUT2D eigenvalue weighted by molar-refractivity contribution is 5.63. The van der Waals surface area contributed by atoms with E-state index in [1.807, 2.05) is 19.1 Å². The van der Waals surface area contributed by atoms with Gasteiger partial charge in [-0.25, -0.2) is 10.8 Å². The molecule has 2 bridgehead atoms. The Morgan fingerprint density at radius 2 is 1.97 bits per heavy atom. The molecule has 3 fully saturated rings. The summed E-state index contributed by atoms with van der Waals surface area (Å²) in [5.74, 6) is 9.23. The molecule has 0 spiro atoms. The van der Waals surface area contributed by atoms with Crippen LogP contribution in [0.4, 0.5) is 0 Å². The van der Waals surface area contributed by atoms with Gasteiger partial charge in [0.15, 0.2) is 0 Å². The molecule has 3 aliphatic rings. The summed E-state index contributed by atoms with van der Waals surface area (Å²) in [5.41, 5.74) is 9.05. The van der Waals surface area contributed by atoms with Crippen molar-refractivity contribution in [3.05, 3.63) is 29.2 Å². The zero-order valence-electron chi connectivity index (χ0n) is 20.9. The largest absolute Gasteiger partial charge is 0.489 e. The van der Waals surface area contributed by atoms with E-state index in [0.717, 1.165) is 36.1 Å². The van der Waals surface area contributed by atoms with E-state index in [1.54, 1.807) is 7.05 Å². The second-order valence-electron chi connectivity index (χ2n) is 10.5. The van der Waals surface area contributed by atoms with Gasteiger partial charge in [-0.3, -0.25) is 0 Å². The molecule has 3 saturated carbocycles. The number of hydrogen-bond donors (Lipinski definition) is 2. The molecule has 2 heterocycles. The molecule has 3 unspecified atom stereocenters. The number of allylic oxidation sites excluding steroid dienone is 1. The summed E-state index contributed by atoms with van der Waals surface area (Å²) < 4.78 is 12.1. The predicted molar refractivity (Wildman–Crippen MR) is 132 cm³/mol. The van der Waals surface area contributed by atoms with Crippen LogP contribution in [0.15, 0.2) is 17.8 Å². The highest BCUT2D eigenvalue weighted by Crippen LogP contribution is 2.48. The SMILES string of the molecule is Cc1nc(/C(N)=C(\Cn2nnc(OCC3CC4CCC3C4)n2)N(C)N)ccc1OC1CCCCC1. The number of pyridine rings is 1. The molecule has 2 aromatic heterocycles. The Hall–Kier alpha value is -2.88. The Morgan fingerprint density at radius 1 is 1.14 bits per heavy atom. The minimum Gasteiger partial charge on any atom is -0.489 e. The summed E-state index contributed by atoms with van der Waals surface area (Å²) in [7, 11) is 1.74. The van der Waals surface area contributed by atoms with E-state index in [2.05, 4.69) is 15.4 Å². The van der Waals surface area contributed by atoms with Gasteiger partial charge in [0.2, 0.25) is 0 Å². The lowest BCUT2D eigenvalue weighted by molar-refractivity contribution is 0.153. The fourth-order valence-electron chi connectivity index (χ4n) is 5.97.